The molecule has 1 aliphatic carbocycles. The van der Waals surface area contributed by atoms with E-state index in [1.54, 1.807) is 0 Å². The molecule has 0 aromatic carbocycles. The van der Waals surface area contributed by atoms with Gasteiger partial charge in [-0.1, -0.05) is 5.16 Å². The van der Waals surface area contributed by atoms with E-state index in [2.05, 4.69) is 17.4 Å². The number of oxime groups is 1. The smallest absolute Gasteiger partial charge is 0.153 e. The second kappa shape index (κ2) is 2.46. The van der Waals surface area contributed by atoms with E-state index in [0.717, 1.165) is 0 Å². The number of rotatable bonds is 3. The van der Waals surface area contributed by atoms with Crippen LogP contribution in [-0.2, 0) is 0 Å². The van der Waals surface area contributed by atoms with Crippen molar-refractivity contribution in [2.45, 2.75) is 25.3 Å². The Labute approximate surface area is 60.1 Å². The van der Waals surface area contributed by atoms with E-state index in [1.165, 1.54) is 12.8 Å². The van der Waals surface area contributed by atoms with Crippen LogP contribution in [0.5, 0.6) is 0 Å². The first-order valence-corrected chi connectivity index (χ1v) is 3.38. The van der Waals surface area contributed by atoms with Crippen LogP contribution in [-0.4, -0.2) is 23.1 Å². The van der Waals surface area contributed by atoms with Crippen molar-refractivity contribution < 1.29 is 5.21 Å². The Morgan fingerprint density at radius 3 is 2.80 bits per heavy atom. The van der Waals surface area contributed by atoms with Crippen molar-refractivity contribution in [2.75, 3.05) is 6.54 Å². The van der Waals surface area contributed by atoms with Gasteiger partial charge in [-0.2, -0.15) is 0 Å². The Balaban J connectivity index is 2.16. The fraction of sp³-hybridized carbons (Fsp3) is 0.833. The van der Waals surface area contributed by atoms with Crippen molar-refractivity contribution in [3.8, 4) is 0 Å². The molecule has 10 heavy (non-hydrogen) atoms. The van der Waals surface area contributed by atoms with Gasteiger partial charge in [0.1, 0.15) is 0 Å². The Bertz CT molecular complexity index is 151. The molecule has 1 rings (SSSR count). The fourth-order valence-corrected chi connectivity index (χ4v) is 0.704. The molecule has 0 bridgehead atoms. The van der Waals surface area contributed by atoms with Gasteiger partial charge in [0.05, 0.1) is 6.54 Å². The highest BCUT2D eigenvalue weighted by atomic mass is 16.4. The van der Waals surface area contributed by atoms with Gasteiger partial charge >= 0.3 is 0 Å². The third-order valence-corrected chi connectivity index (χ3v) is 1.82. The van der Waals surface area contributed by atoms with Gasteiger partial charge in [-0.05, 0) is 19.8 Å². The van der Waals surface area contributed by atoms with Crippen molar-refractivity contribution in [3.63, 3.8) is 0 Å². The molecule has 0 amide bonds. The van der Waals surface area contributed by atoms with Crippen LogP contribution < -0.4 is 11.1 Å². The molecule has 4 nitrogen and oxygen atoms in total. The molecule has 1 saturated carbocycles. The Morgan fingerprint density at radius 1 is 1.80 bits per heavy atom. The van der Waals surface area contributed by atoms with Crippen LogP contribution in [0.2, 0.25) is 0 Å². The van der Waals surface area contributed by atoms with E-state index in [4.69, 9.17) is 10.9 Å². The predicted molar refractivity (Wildman–Crippen MR) is 39.1 cm³/mol. The van der Waals surface area contributed by atoms with Gasteiger partial charge in [0.2, 0.25) is 0 Å². The highest BCUT2D eigenvalue weighted by Crippen LogP contribution is 2.33. The molecule has 0 heterocycles. The zero-order valence-corrected chi connectivity index (χ0v) is 6.09. The van der Waals surface area contributed by atoms with Crippen molar-refractivity contribution in [3.05, 3.63) is 0 Å². The van der Waals surface area contributed by atoms with Gasteiger partial charge in [0, 0.05) is 5.54 Å². The van der Waals surface area contributed by atoms with Crippen LogP contribution in [0.1, 0.15) is 19.8 Å². The van der Waals surface area contributed by atoms with Crippen molar-refractivity contribution in [2.24, 2.45) is 10.9 Å². The molecule has 0 aromatic heterocycles. The van der Waals surface area contributed by atoms with Gasteiger partial charge in [-0.25, -0.2) is 0 Å². The molecule has 1 fully saturated rings. The van der Waals surface area contributed by atoms with Gasteiger partial charge in [-0.3, -0.25) is 0 Å². The van der Waals surface area contributed by atoms with Gasteiger partial charge in [-0.15, -0.1) is 0 Å². The monoisotopic (exact) mass is 143 g/mol. The standard InChI is InChI=1S/C6H13N3O/c1-6(2-3-6)8-4-5(7)9-10/h8,10H,2-4H2,1H3,(H2,7,9). The number of amidine groups is 1. The average molecular weight is 143 g/mol. The molecular formula is C6H13N3O. The largest absolute Gasteiger partial charge is 0.409 e. The zero-order valence-electron chi connectivity index (χ0n) is 6.09. The van der Waals surface area contributed by atoms with Crippen molar-refractivity contribution in [1.82, 2.24) is 5.32 Å². The zero-order chi connectivity index (χ0) is 7.61. The SMILES string of the molecule is CC1(NCC(N)=NO)CC1. The lowest BCUT2D eigenvalue weighted by Gasteiger charge is -2.08. The van der Waals surface area contributed by atoms with Crippen molar-refractivity contribution >= 4 is 5.84 Å². The topological polar surface area (TPSA) is 70.6 Å². The minimum atomic E-state index is 0.244. The van der Waals surface area contributed by atoms with E-state index in [0.29, 0.717) is 6.54 Å². The predicted octanol–water partition coefficient (Wildman–Crippen LogP) is -0.125. The molecule has 58 valence electrons. The molecule has 1 aliphatic rings. The Hall–Kier alpha value is -0.770. The summed E-state index contributed by atoms with van der Waals surface area (Å²) in [6.07, 6.45) is 2.37. The molecule has 0 radical (unpaired) electrons. The minimum Gasteiger partial charge on any atom is -0.409 e. The summed E-state index contributed by atoms with van der Waals surface area (Å²) < 4.78 is 0. The highest BCUT2D eigenvalue weighted by molar-refractivity contribution is 5.81. The first-order valence-electron chi connectivity index (χ1n) is 3.38. The van der Waals surface area contributed by atoms with E-state index in [1.807, 2.05) is 0 Å². The maximum absolute atomic E-state index is 8.17. The lowest BCUT2D eigenvalue weighted by atomic mass is 10.3. The summed E-state index contributed by atoms with van der Waals surface area (Å²) >= 11 is 0. The van der Waals surface area contributed by atoms with Crippen LogP contribution in [0.15, 0.2) is 5.16 Å². The summed E-state index contributed by atoms with van der Waals surface area (Å²) in [5.41, 5.74) is 5.50. The third-order valence-electron chi connectivity index (χ3n) is 1.82. The van der Waals surface area contributed by atoms with E-state index in [9.17, 15) is 0 Å². The number of hydrogen-bond donors (Lipinski definition) is 3. The molecule has 4 heteroatoms. The second-order valence-electron chi connectivity index (χ2n) is 3.01. The summed E-state index contributed by atoms with van der Waals surface area (Å²) in [6.45, 7) is 2.60. The van der Waals surface area contributed by atoms with Gasteiger partial charge in [0.25, 0.3) is 0 Å². The first kappa shape index (κ1) is 7.34. The van der Waals surface area contributed by atoms with Gasteiger partial charge < -0.3 is 16.3 Å². The molecule has 4 N–H and O–H groups in total. The summed E-state index contributed by atoms with van der Waals surface area (Å²) in [5, 5.41) is 14.2. The second-order valence-corrected chi connectivity index (χ2v) is 3.01. The molecule has 0 atom stereocenters. The van der Waals surface area contributed by atoms with Crippen LogP contribution in [0.25, 0.3) is 0 Å². The molecule has 0 unspecified atom stereocenters. The van der Waals surface area contributed by atoms with Crippen molar-refractivity contribution in [1.29, 1.82) is 0 Å². The molecular weight excluding hydrogens is 130 g/mol. The minimum absolute atomic E-state index is 0.244. The number of nitrogens with one attached hydrogen (secondary N) is 1. The van der Waals surface area contributed by atoms with E-state index in [-0.39, 0.29) is 11.4 Å². The average Bonchev–Trinajstić information content (AvgIpc) is 2.64. The van der Waals surface area contributed by atoms with Crippen LogP contribution >= 0.6 is 0 Å². The summed E-state index contributed by atoms with van der Waals surface area (Å²) in [5.74, 6) is 0.244. The van der Waals surface area contributed by atoms with Crippen LogP contribution in [0.3, 0.4) is 0 Å². The third kappa shape index (κ3) is 1.88. The molecule has 0 aromatic rings. The van der Waals surface area contributed by atoms with Crippen LogP contribution in [0.4, 0.5) is 0 Å². The lowest BCUT2D eigenvalue weighted by molar-refractivity contribution is 0.316. The number of hydrogen-bond acceptors (Lipinski definition) is 3. The summed E-state index contributed by atoms with van der Waals surface area (Å²) in [6, 6.07) is 0. The first-order chi connectivity index (χ1) is 4.66. The maximum atomic E-state index is 8.17. The maximum Gasteiger partial charge on any atom is 0.153 e. The Morgan fingerprint density at radius 2 is 2.40 bits per heavy atom. The number of nitrogens with two attached hydrogens (primary N) is 1. The summed E-state index contributed by atoms with van der Waals surface area (Å²) in [4.78, 5) is 0. The normalized spacial score (nSPS) is 22.7. The highest BCUT2D eigenvalue weighted by Gasteiger charge is 2.36. The quantitative estimate of drug-likeness (QED) is 0.223. The van der Waals surface area contributed by atoms with Gasteiger partial charge in [0.15, 0.2) is 5.84 Å². The molecule has 0 saturated heterocycles. The molecule has 0 aliphatic heterocycles. The van der Waals surface area contributed by atoms with Crippen LogP contribution in [0, 0.1) is 0 Å². The lowest BCUT2D eigenvalue weighted by Crippen LogP contribution is -2.36. The number of nitrogens with zero attached hydrogens (tertiary/aromatic N) is 1. The molecule has 0 spiro atoms. The van der Waals surface area contributed by atoms with E-state index >= 15 is 0 Å². The van der Waals surface area contributed by atoms with E-state index < -0.39 is 0 Å². The summed E-state index contributed by atoms with van der Waals surface area (Å²) in [7, 11) is 0. The fourth-order valence-electron chi connectivity index (χ4n) is 0.704. The Kier molecular flexibility index (Phi) is 1.80.